The van der Waals surface area contributed by atoms with Crippen LogP contribution in [0.4, 0.5) is 0 Å². The van der Waals surface area contributed by atoms with E-state index in [-0.39, 0.29) is 12.0 Å². The molecule has 1 aliphatic carbocycles. The molecular formula is C15H25N3O. The summed E-state index contributed by atoms with van der Waals surface area (Å²) in [6.45, 7) is 7.39. The van der Waals surface area contributed by atoms with E-state index < -0.39 is 0 Å². The molecule has 1 aromatic rings. The van der Waals surface area contributed by atoms with E-state index in [0.717, 1.165) is 30.8 Å². The average molecular weight is 263 g/mol. The van der Waals surface area contributed by atoms with Gasteiger partial charge in [0.1, 0.15) is 5.82 Å². The average Bonchev–Trinajstić information content (AvgIpc) is 2.34. The molecule has 19 heavy (non-hydrogen) atoms. The highest BCUT2D eigenvalue weighted by Crippen LogP contribution is 2.45. The number of aliphatic hydroxyl groups is 1. The number of aryl methyl sites for hydroxylation is 1. The van der Waals surface area contributed by atoms with Crippen LogP contribution in [0, 0.1) is 18.3 Å². The molecule has 0 radical (unpaired) electrons. The SMILES string of the molecule is Cc1ncc(CNC(C(C)C)C2(CO)CCC2)cn1. The van der Waals surface area contributed by atoms with E-state index in [1.807, 2.05) is 19.3 Å². The van der Waals surface area contributed by atoms with Crippen LogP contribution in [0.15, 0.2) is 12.4 Å². The highest BCUT2D eigenvalue weighted by atomic mass is 16.3. The fraction of sp³-hybridized carbons (Fsp3) is 0.733. The summed E-state index contributed by atoms with van der Waals surface area (Å²) in [4.78, 5) is 8.44. The van der Waals surface area contributed by atoms with E-state index in [9.17, 15) is 5.11 Å². The summed E-state index contributed by atoms with van der Waals surface area (Å²) in [5.41, 5.74) is 1.18. The van der Waals surface area contributed by atoms with Crippen LogP contribution >= 0.6 is 0 Å². The summed E-state index contributed by atoms with van der Waals surface area (Å²) in [6, 6.07) is 0.354. The first-order valence-electron chi connectivity index (χ1n) is 7.19. The smallest absolute Gasteiger partial charge is 0.125 e. The van der Waals surface area contributed by atoms with Crippen molar-refractivity contribution >= 4 is 0 Å². The van der Waals surface area contributed by atoms with Crippen LogP contribution in [-0.2, 0) is 6.54 Å². The molecular weight excluding hydrogens is 238 g/mol. The normalized spacial score (nSPS) is 19.2. The Morgan fingerprint density at radius 1 is 1.32 bits per heavy atom. The molecule has 1 saturated carbocycles. The topological polar surface area (TPSA) is 58.0 Å². The van der Waals surface area contributed by atoms with Gasteiger partial charge in [0.15, 0.2) is 0 Å². The first-order chi connectivity index (χ1) is 9.07. The van der Waals surface area contributed by atoms with Crippen molar-refractivity contribution in [2.75, 3.05) is 6.61 Å². The number of nitrogens with zero attached hydrogens (tertiary/aromatic N) is 2. The molecule has 1 unspecified atom stereocenters. The lowest BCUT2D eigenvalue weighted by molar-refractivity contribution is -0.0101. The second-order valence-electron chi connectivity index (χ2n) is 6.12. The largest absolute Gasteiger partial charge is 0.396 e. The van der Waals surface area contributed by atoms with Gasteiger partial charge in [0.05, 0.1) is 6.61 Å². The Morgan fingerprint density at radius 3 is 2.37 bits per heavy atom. The van der Waals surface area contributed by atoms with Gasteiger partial charge in [-0.15, -0.1) is 0 Å². The first kappa shape index (κ1) is 14.4. The molecule has 4 nitrogen and oxygen atoms in total. The number of hydrogen-bond acceptors (Lipinski definition) is 4. The van der Waals surface area contributed by atoms with Crippen molar-refractivity contribution < 1.29 is 5.11 Å². The Labute approximate surface area is 115 Å². The Morgan fingerprint density at radius 2 is 1.95 bits per heavy atom. The van der Waals surface area contributed by atoms with Crippen molar-refractivity contribution in [3.05, 3.63) is 23.8 Å². The third-order valence-corrected chi connectivity index (χ3v) is 4.35. The number of nitrogens with one attached hydrogen (secondary N) is 1. The van der Waals surface area contributed by atoms with Crippen molar-refractivity contribution in [3.8, 4) is 0 Å². The third-order valence-electron chi connectivity index (χ3n) is 4.35. The molecule has 0 aromatic carbocycles. The molecule has 0 saturated heterocycles. The molecule has 1 aromatic heterocycles. The molecule has 0 amide bonds. The summed E-state index contributed by atoms with van der Waals surface area (Å²) in [7, 11) is 0. The minimum Gasteiger partial charge on any atom is -0.396 e. The van der Waals surface area contributed by atoms with Gasteiger partial charge in [-0.2, -0.15) is 0 Å². The zero-order valence-corrected chi connectivity index (χ0v) is 12.2. The number of rotatable bonds is 6. The second-order valence-corrected chi connectivity index (χ2v) is 6.12. The van der Waals surface area contributed by atoms with E-state index in [2.05, 4.69) is 29.1 Å². The lowest BCUT2D eigenvalue weighted by Gasteiger charge is -2.48. The van der Waals surface area contributed by atoms with Crippen molar-refractivity contribution in [1.29, 1.82) is 0 Å². The molecule has 2 rings (SSSR count). The minimum atomic E-state index is 0.0831. The highest BCUT2D eigenvalue weighted by Gasteiger charge is 2.44. The van der Waals surface area contributed by atoms with E-state index >= 15 is 0 Å². The molecule has 0 bridgehead atoms. The molecule has 1 atom stereocenters. The predicted molar refractivity (Wildman–Crippen MR) is 75.6 cm³/mol. The maximum absolute atomic E-state index is 9.72. The van der Waals surface area contributed by atoms with Gasteiger partial charge in [0.25, 0.3) is 0 Å². The molecule has 0 aliphatic heterocycles. The first-order valence-corrected chi connectivity index (χ1v) is 7.19. The van der Waals surface area contributed by atoms with Gasteiger partial charge < -0.3 is 10.4 Å². The Balaban J connectivity index is 1.99. The van der Waals surface area contributed by atoms with Gasteiger partial charge in [0, 0.05) is 36.0 Å². The van der Waals surface area contributed by atoms with Crippen LogP contribution in [0.3, 0.4) is 0 Å². The van der Waals surface area contributed by atoms with E-state index in [0.29, 0.717) is 12.0 Å². The summed E-state index contributed by atoms with van der Waals surface area (Å²) in [6.07, 6.45) is 7.24. The lowest BCUT2D eigenvalue weighted by atomic mass is 9.62. The van der Waals surface area contributed by atoms with Crippen LogP contribution in [0.25, 0.3) is 0 Å². The van der Waals surface area contributed by atoms with Crippen molar-refractivity contribution in [2.45, 2.75) is 52.6 Å². The van der Waals surface area contributed by atoms with Crippen molar-refractivity contribution in [2.24, 2.45) is 11.3 Å². The van der Waals surface area contributed by atoms with E-state index in [1.54, 1.807) is 0 Å². The minimum absolute atomic E-state index is 0.0831. The highest BCUT2D eigenvalue weighted by molar-refractivity contribution is 5.06. The molecule has 4 heteroatoms. The maximum atomic E-state index is 9.72. The molecule has 2 N–H and O–H groups in total. The van der Waals surface area contributed by atoms with E-state index in [1.165, 1.54) is 6.42 Å². The Hall–Kier alpha value is -1.00. The van der Waals surface area contributed by atoms with Crippen molar-refractivity contribution in [3.63, 3.8) is 0 Å². The molecule has 0 spiro atoms. The number of aliphatic hydroxyl groups excluding tert-OH is 1. The predicted octanol–water partition coefficient (Wildman–Crippen LogP) is 2.06. The number of aromatic nitrogens is 2. The van der Waals surface area contributed by atoms with Crippen LogP contribution in [0.1, 0.15) is 44.5 Å². The van der Waals surface area contributed by atoms with Crippen LogP contribution in [-0.4, -0.2) is 27.7 Å². The fourth-order valence-corrected chi connectivity index (χ4v) is 3.10. The molecule has 1 heterocycles. The lowest BCUT2D eigenvalue weighted by Crippen LogP contribution is -2.54. The standard InChI is InChI=1S/C15H25N3O/c1-11(2)14(15(10-19)5-4-6-15)18-9-13-7-16-12(3)17-8-13/h7-8,11,14,18-19H,4-6,9-10H2,1-3H3. The van der Waals surface area contributed by atoms with Gasteiger partial charge in [-0.25, -0.2) is 9.97 Å². The molecule has 1 aliphatic rings. The van der Waals surface area contributed by atoms with Crippen molar-refractivity contribution in [1.82, 2.24) is 15.3 Å². The fourth-order valence-electron chi connectivity index (χ4n) is 3.10. The van der Waals surface area contributed by atoms with Crippen LogP contribution < -0.4 is 5.32 Å². The Bertz CT molecular complexity index is 393. The summed E-state index contributed by atoms with van der Waals surface area (Å²) < 4.78 is 0. The monoisotopic (exact) mass is 263 g/mol. The van der Waals surface area contributed by atoms with Crippen LogP contribution in [0.5, 0.6) is 0 Å². The summed E-state index contributed by atoms with van der Waals surface area (Å²) in [5, 5.41) is 13.3. The summed E-state index contributed by atoms with van der Waals surface area (Å²) in [5.74, 6) is 1.31. The Kier molecular flexibility index (Phi) is 4.53. The zero-order chi connectivity index (χ0) is 13.9. The zero-order valence-electron chi connectivity index (χ0n) is 12.2. The second kappa shape index (κ2) is 5.97. The summed E-state index contributed by atoms with van der Waals surface area (Å²) >= 11 is 0. The molecule has 1 fully saturated rings. The third kappa shape index (κ3) is 3.12. The number of hydrogen-bond donors (Lipinski definition) is 2. The van der Waals surface area contributed by atoms with E-state index in [4.69, 9.17) is 0 Å². The van der Waals surface area contributed by atoms with Gasteiger partial charge in [0.2, 0.25) is 0 Å². The molecule has 106 valence electrons. The van der Waals surface area contributed by atoms with Gasteiger partial charge in [-0.3, -0.25) is 0 Å². The van der Waals surface area contributed by atoms with Gasteiger partial charge >= 0.3 is 0 Å². The van der Waals surface area contributed by atoms with Gasteiger partial charge in [-0.1, -0.05) is 20.3 Å². The van der Waals surface area contributed by atoms with Gasteiger partial charge in [-0.05, 0) is 25.7 Å². The maximum Gasteiger partial charge on any atom is 0.125 e. The van der Waals surface area contributed by atoms with Crippen LogP contribution in [0.2, 0.25) is 0 Å². The quantitative estimate of drug-likeness (QED) is 0.825.